The van der Waals surface area contributed by atoms with Crippen LogP contribution >= 0.6 is 11.6 Å². The quantitative estimate of drug-likeness (QED) is 0.516. The molecule has 0 unspecified atom stereocenters. The predicted octanol–water partition coefficient (Wildman–Crippen LogP) is 6.72. The lowest BCUT2D eigenvalue weighted by Gasteiger charge is -2.29. The van der Waals surface area contributed by atoms with Crippen LogP contribution in [0.3, 0.4) is 0 Å². The fourth-order valence-electron chi connectivity index (χ4n) is 4.29. The molecule has 5 heteroatoms. The molecule has 2 aromatic rings. The molecule has 0 spiro atoms. The Balaban J connectivity index is 1.95. The van der Waals surface area contributed by atoms with Crippen LogP contribution in [-0.2, 0) is 11.3 Å². The van der Waals surface area contributed by atoms with Crippen molar-refractivity contribution in [2.75, 3.05) is 18.0 Å². The van der Waals surface area contributed by atoms with Crippen LogP contribution < -0.4 is 4.90 Å². The normalized spacial score (nSPS) is 16.0. The zero-order chi connectivity index (χ0) is 22.9. The van der Waals surface area contributed by atoms with E-state index in [1.165, 1.54) is 0 Å². The van der Waals surface area contributed by atoms with E-state index in [0.29, 0.717) is 36.0 Å². The van der Waals surface area contributed by atoms with E-state index >= 15 is 0 Å². The third-order valence-corrected chi connectivity index (χ3v) is 6.31. The largest absolute Gasteiger partial charge is 0.334 e. The summed E-state index contributed by atoms with van der Waals surface area (Å²) in [6, 6.07) is 15.3. The molecule has 0 aromatic heterocycles. The number of fused-ring (bicyclic) bond motifs is 1. The summed E-state index contributed by atoms with van der Waals surface area (Å²) in [6.07, 6.45) is 7.03. The maximum absolute atomic E-state index is 13.4. The molecular formula is C27H35ClN2O2. The Hall–Kier alpha value is -2.33. The van der Waals surface area contributed by atoms with Crippen LogP contribution in [0.1, 0.15) is 74.7 Å². The molecule has 1 heterocycles. The van der Waals surface area contributed by atoms with E-state index in [4.69, 9.17) is 11.6 Å². The number of rotatable bonds is 3. The molecule has 32 heavy (non-hydrogen) atoms. The highest BCUT2D eigenvalue weighted by atomic mass is 35.5. The molecule has 0 saturated carbocycles. The zero-order valence-corrected chi connectivity index (χ0v) is 20.1. The highest BCUT2D eigenvalue weighted by Gasteiger charge is 2.23. The maximum Gasteiger partial charge on any atom is 0.255 e. The van der Waals surface area contributed by atoms with Crippen molar-refractivity contribution < 1.29 is 9.59 Å². The highest BCUT2D eigenvalue weighted by molar-refractivity contribution is 6.33. The van der Waals surface area contributed by atoms with Gasteiger partial charge >= 0.3 is 0 Å². The van der Waals surface area contributed by atoms with Crippen LogP contribution in [0.25, 0.3) is 0 Å². The van der Waals surface area contributed by atoms with Gasteiger partial charge in [-0.2, -0.15) is 0 Å². The summed E-state index contributed by atoms with van der Waals surface area (Å²) in [4.78, 5) is 30.4. The summed E-state index contributed by atoms with van der Waals surface area (Å²) in [5.41, 5.74) is 2.46. The molecule has 0 N–H and O–H groups in total. The smallest absolute Gasteiger partial charge is 0.255 e. The van der Waals surface area contributed by atoms with E-state index in [1.807, 2.05) is 46.2 Å². The van der Waals surface area contributed by atoms with Gasteiger partial charge in [0.25, 0.3) is 5.91 Å². The lowest BCUT2D eigenvalue weighted by Crippen LogP contribution is -2.35. The number of carbonyl (C=O) groups is 2. The van der Waals surface area contributed by atoms with Gasteiger partial charge in [0, 0.05) is 31.7 Å². The fraction of sp³-hybridized carbons (Fsp3) is 0.481. The molecule has 0 fully saturated rings. The van der Waals surface area contributed by atoms with Gasteiger partial charge in [-0.3, -0.25) is 9.59 Å². The molecule has 0 atom stereocenters. The Morgan fingerprint density at radius 1 is 0.875 bits per heavy atom. The van der Waals surface area contributed by atoms with Crippen LogP contribution in [0.15, 0.2) is 48.5 Å². The Bertz CT molecular complexity index is 912. The van der Waals surface area contributed by atoms with Gasteiger partial charge in [0.1, 0.15) is 0 Å². The van der Waals surface area contributed by atoms with Gasteiger partial charge < -0.3 is 9.80 Å². The number of halogens is 1. The predicted molar refractivity (Wildman–Crippen MR) is 132 cm³/mol. The van der Waals surface area contributed by atoms with E-state index in [1.54, 1.807) is 12.1 Å². The molecule has 1 aliphatic heterocycles. The summed E-state index contributed by atoms with van der Waals surface area (Å²) >= 11 is 6.35. The first-order chi connectivity index (χ1) is 15.5. The van der Waals surface area contributed by atoms with Gasteiger partial charge in [-0.25, -0.2) is 0 Å². The third-order valence-electron chi connectivity index (χ3n) is 5.98. The topological polar surface area (TPSA) is 40.6 Å². The Morgan fingerprint density at radius 3 is 2.22 bits per heavy atom. The van der Waals surface area contributed by atoms with Crippen LogP contribution in [-0.4, -0.2) is 29.8 Å². The lowest BCUT2D eigenvalue weighted by molar-refractivity contribution is -0.119. The fourth-order valence-corrected chi connectivity index (χ4v) is 4.51. The van der Waals surface area contributed by atoms with Gasteiger partial charge in [0.2, 0.25) is 5.91 Å². The first kappa shape index (κ1) is 24.3. The van der Waals surface area contributed by atoms with Crippen LogP contribution in [0.5, 0.6) is 0 Å². The Morgan fingerprint density at radius 2 is 1.50 bits per heavy atom. The van der Waals surface area contributed by atoms with Crippen molar-refractivity contribution in [3.8, 4) is 0 Å². The summed E-state index contributed by atoms with van der Waals surface area (Å²) in [5, 5.41) is 0.474. The second kappa shape index (κ2) is 12.1. The van der Waals surface area contributed by atoms with E-state index in [2.05, 4.69) is 13.8 Å². The van der Waals surface area contributed by atoms with Gasteiger partial charge in [0.05, 0.1) is 10.6 Å². The van der Waals surface area contributed by atoms with Crippen LogP contribution in [0, 0.1) is 5.92 Å². The Labute approximate surface area is 197 Å². The van der Waals surface area contributed by atoms with E-state index in [-0.39, 0.29) is 11.8 Å². The number of hydrogen-bond acceptors (Lipinski definition) is 2. The van der Waals surface area contributed by atoms with Crippen LogP contribution in [0.2, 0.25) is 5.02 Å². The van der Waals surface area contributed by atoms with E-state index in [0.717, 1.165) is 56.3 Å². The zero-order valence-electron chi connectivity index (χ0n) is 19.4. The lowest BCUT2D eigenvalue weighted by atomic mass is 10.1. The number of benzene rings is 2. The number of carbonyl (C=O) groups excluding carboxylic acids is 2. The van der Waals surface area contributed by atoms with Crippen molar-refractivity contribution in [2.24, 2.45) is 5.92 Å². The number of hydrogen-bond donors (Lipinski definition) is 0. The number of para-hydroxylation sites is 1. The molecule has 0 radical (unpaired) electrons. The first-order valence-electron chi connectivity index (χ1n) is 11.9. The standard InChI is InChI=1S/C27H35ClN2O2/c1-21(2)19-26(31)30-18-12-6-4-3-5-11-17-29(20-22-13-7-10-16-25(22)30)27(32)23-14-8-9-15-24(23)28/h7-10,13-16,21H,3-6,11-12,17-20H2,1-2H3. The molecule has 0 saturated heterocycles. The van der Waals surface area contributed by atoms with E-state index < -0.39 is 0 Å². The first-order valence-corrected chi connectivity index (χ1v) is 12.3. The van der Waals surface area contributed by atoms with Crippen molar-refractivity contribution in [3.63, 3.8) is 0 Å². The second-order valence-corrected chi connectivity index (χ2v) is 9.51. The highest BCUT2D eigenvalue weighted by Crippen LogP contribution is 2.27. The SMILES string of the molecule is CC(C)CC(=O)N1CCCCCCCCN(C(=O)c2ccccc2Cl)Cc2ccccc21. The minimum atomic E-state index is -0.0552. The van der Waals surface area contributed by atoms with Crippen molar-refractivity contribution in [2.45, 2.75) is 65.3 Å². The molecule has 0 aliphatic carbocycles. The molecule has 0 bridgehead atoms. The summed E-state index contributed by atoms with van der Waals surface area (Å²) < 4.78 is 0. The minimum Gasteiger partial charge on any atom is -0.334 e. The molecular weight excluding hydrogens is 420 g/mol. The monoisotopic (exact) mass is 454 g/mol. The number of nitrogens with zero attached hydrogens (tertiary/aromatic N) is 2. The van der Waals surface area contributed by atoms with Crippen LogP contribution in [0.4, 0.5) is 5.69 Å². The van der Waals surface area contributed by atoms with Gasteiger partial charge in [-0.05, 0) is 42.5 Å². The molecule has 172 valence electrons. The van der Waals surface area contributed by atoms with Gasteiger partial charge in [-0.1, -0.05) is 81.5 Å². The molecule has 2 aromatic carbocycles. The van der Waals surface area contributed by atoms with Crippen molar-refractivity contribution >= 4 is 29.1 Å². The van der Waals surface area contributed by atoms with Gasteiger partial charge in [0.15, 0.2) is 0 Å². The molecule has 1 aliphatic rings. The van der Waals surface area contributed by atoms with Crippen molar-refractivity contribution in [1.82, 2.24) is 4.90 Å². The molecule has 3 rings (SSSR count). The average molecular weight is 455 g/mol. The maximum atomic E-state index is 13.4. The summed E-state index contributed by atoms with van der Waals surface area (Å²) in [6.45, 7) is 6.02. The van der Waals surface area contributed by atoms with E-state index in [9.17, 15) is 9.59 Å². The average Bonchev–Trinajstić information content (AvgIpc) is 2.78. The molecule has 4 nitrogen and oxygen atoms in total. The number of anilines is 1. The molecule has 2 amide bonds. The minimum absolute atomic E-state index is 0.0552. The number of amides is 2. The van der Waals surface area contributed by atoms with Crippen molar-refractivity contribution in [3.05, 3.63) is 64.7 Å². The third kappa shape index (κ3) is 6.59. The summed E-state index contributed by atoms with van der Waals surface area (Å²) in [7, 11) is 0. The van der Waals surface area contributed by atoms with Crippen molar-refractivity contribution in [1.29, 1.82) is 0 Å². The van der Waals surface area contributed by atoms with Gasteiger partial charge in [-0.15, -0.1) is 0 Å². The second-order valence-electron chi connectivity index (χ2n) is 9.10. The Kier molecular flexibility index (Phi) is 9.16. The summed E-state index contributed by atoms with van der Waals surface area (Å²) in [5.74, 6) is 0.407.